The van der Waals surface area contributed by atoms with Gasteiger partial charge < -0.3 is 25.4 Å². The summed E-state index contributed by atoms with van der Waals surface area (Å²) in [6.45, 7) is 12.2. The third kappa shape index (κ3) is 4.51. The van der Waals surface area contributed by atoms with Gasteiger partial charge in [-0.3, -0.25) is 4.79 Å². The largest absolute Gasteiger partial charge is 0.481 e. The van der Waals surface area contributed by atoms with Crippen molar-refractivity contribution in [1.29, 1.82) is 0 Å². The van der Waals surface area contributed by atoms with Crippen molar-refractivity contribution in [2.24, 2.45) is 46.3 Å². The Morgan fingerprint density at radius 3 is 2.42 bits per heavy atom. The topological polar surface area (TPSA) is 116 Å². The molecule has 0 aromatic rings. The highest BCUT2D eigenvalue weighted by atomic mass is 16.5. The smallest absolute Gasteiger partial charge is 0.338 e. The second kappa shape index (κ2) is 10.2. The van der Waals surface area contributed by atoms with E-state index in [4.69, 9.17) is 4.74 Å². The number of aliphatic carboxylic acids is 2. The van der Waals surface area contributed by atoms with Gasteiger partial charge in [-0.25, -0.2) is 4.79 Å². The lowest BCUT2D eigenvalue weighted by Crippen LogP contribution is -2.67. The van der Waals surface area contributed by atoms with Crippen LogP contribution in [0.25, 0.3) is 0 Å². The van der Waals surface area contributed by atoms with Crippen molar-refractivity contribution in [1.82, 2.24) is 5.32 Å². The van der Waals surface area contributed by atoms with Gasteiger partial charge in [-0.1, -0.05) is 34.6 Å². The molecule has 0 bridgehead atoms. The maximum Gasteiger partial charge on any atom is 0.338 e. The van der Waals surface area contributed by atoms with Crippen molar-refractivity contribution in [2.45, 2.75) is 110 Å². The summed E-state index contributed by atoms with van der Waals surface area (Å²) in [7, 11) is 0. The number of rotatable bonds is 9. The summed E-state index contributed by atoms with van der Waals surface area (Å²) in [4.78, 5) is 24.8. The third-order valence-corrected chi connectivity index (χ3v) is 11.0. The van der Waals surface area contributed by atoms with Crippen molar-refractivity contribution >= 4 is 11.9 Å². The molecule has 0 aromatic heterocycles. The molecule has 5 unspecified atom stereocenters. The normalized spacial score (nSPS) is 46.1. The minimum atomic E-state index is -1.90. The summed E-state index contributed by atoms with van der Waals surface area (Å²) in [5.41, 5.74) is -2.50. The Morgan fingerprint density at radius 1 is 1.08 bits per heavy atom. The van der Waals surface area contributed by atoms with E-state index in [9.17, 15) is 24.9 Å². The molecule has 0 aliphatic heterocycles. The minimum Gasteiger partial charge on any atom is -0.481 e. The van der Waals surface area contributed by atoms with E-state index in [1.165, 1.54) is 0 Å². The summed E-state index contributed by atoms with van der Waals surface area (Å²) >= 11 is 0. The maximum atomic E-state index is 12.5. The molecule has 10 atom stereocenters. The van der Waals surface area contributed by atoms with Gasteiger partial charge >= 0.3 is 11.9 Å². The van der Waals surface area contributed by atoms with Crippen LogP contribution in [0, 0.1) is 46.3 Å². The zero-order chi connectivity index (χ0) is 26.5. The van der Waals surface area contributed by atoms with Crippen molar-refractivity contribution in [2.75, 3.05) is 13.2 Å². The fourth-order valence-corrected chi connectivity index (χ4v) is 9.37. The molecule has 0 amide bonds. The maximum absolute atomic E-state index is 12.5. The van der Waals surface area contributed by atoms with Crippen LogP contribution in [-0.4, -0.2) is 58.2 Å². The summed E-state index contributed by atoms with van der Waals surface area (Å²) in [6, 6.07) is 0.119. The van der Waals surface area contributed by atoms with E-state index in [-0.39, 0.29) is 41.0 Å². The molecule has 4 saturated carbocycles. The number of ether oxygens (including phenoxy) is 1. The third-order valence-electron chi connectivity index (χ3n) is 11.0. The highest BCUT2D eigenvalue weighted by Crippen LogP contribution is 2.68. The highest BCUT2D eigenvalue weighted by Gasteiger charge is 2.67. The Bertz CT molecular complexity index is 833. The van der Waals surface area contributed by atoms with Gasteiger partial charge in [0.1, 0.15) is 0 Å². The SMILES string of the molecule is CCCOC1CC2CC[C@@H]3[C@@H](C(NCCC(C)C)C[C@]4(C)C(C(=O)O)CC[C@@H]34)[C@@]2(C)CC1(O)C(=O)O. The summed E-state index contributed by atoms with van der Waals surface area (Å²) in [6.07, 6.45) is 6.41. The number of hydrogen-bond donors (Lipinski definition) is 4. The first-order chi connectivity index (χ1) is 16.9. The summed E-state index contributed by atoms with van der Waals surface area (Å²) < 4.78 is 5.97. The molecule has 4 N–H and O–H groups in total. The molecule has 0 aromatic carbocycles. The molecule has 0 heterocycles. The van der Waals surface area contributed by atoms with Crippen molar-refractivity contribution < 1.29 is 29.6 Å². The van der Waals surface area contributed by atoms with E-state index in [1.807, 2.05) is 6.92 Å². The van der Waals surface area contributed by atoms with E-state index < -0.39 is 23.6 Å². The van der Waals surface area contributed by atoms with Crippen LogP contribution in [0.1, 0.15) is 92.4 Å². The van der Waals surface area contributed by atoms with E-state index in [0.29, 0.717) is 30.8 Å². The predicted molar refractivity (Wildman–Crippen MR) is 137 cm³/mol. The van der Waals surface area contributed by atoms with Crippen LogP contribution in [0.5, 0.6) is 0 Å². The lowest BCUT2D eigenvalue weighted by molar-refractivity contribution is -0.226. The molecule has 36 heavy (non-hydrogen) atoms. The Kier molecular flexibility index (Phi) is 7.87. The number of fused-ring (bicyclic) bond motifs is 5. The first-order valence-corrected chi connectivity index (χ1v) is 14.4. The Balaban J connectivity index is 1.71. The second-order valence-electron chi connectivity index (χ2n) is 13.5. The molecule has 7 heteroatoms. The van der Waals surface area contributed by atoms with Gasteiger partial charge in [-0.05, 0) is 105 Å². The highest BCUT2D eigenvalue weighted by molar-refractivity contribution is 5.78. The lowest BCUT2D eigenvalue weighted by atomic mass is 9.42. The number of nitrogens with one attached hydrogen (secondary N) is 1. The summed E-state index contributed by atoms with van der Waals surface area (Å²) in [5.74, 6) is -0.430. The molecular weight excluding hydrogens is 458 g/mol. The van der Waals surface area contributed by atoms with E-state index in [1.54, 1.807) is 0 Å². The molecular formula is C29H49NO6. The molecule has 0 spiro atoms. The number of hydrogen-bond acceptors (Lipinski definition) is 5. The fraction of sp³-hybridized carbons (Fsp3) is 0.931. The molecule has 0 radical (unpaired) electrons. The van der Waals surface area contributed by atoms with Crippen molar-refractivity contribution in [3.05, 3.63) is 0 Å². The quantitative estimate of drug-likeness (QED) is 0.361. The zero-order valence-corrected chi connectivity index (χ0v) is 23.0. The first-order valence-electron chi connectivity index (χ1n) is 14.4. The first kappa shape index (κ1) is 27.8. The molecule has 206 valence electrons. The van der Waals surface area contributed by atoms with Gasteiger partial charge in [-0.2, -0.15) is 0 Å². The number of carbonyl (C=O) groups is 2. The zero-order valence-electron chi connectivity index (χ0n) is 23.0. The van der Waals surface area contributed by atoms with Crippen LogP contribution in [0.2, 0.25) is 0 Å². The van der Waals surface area contributed by atoms with Gasteiger partial charge in [0.25, 0.3) is 0 Å². The average molecular weight is 508 g/mol. The van der Waals surface area contributed by atoms with E-state index in [2.05, 4.69) is 33.0 Å². The number of carboxylic acid groups (broad SMARTS) is 2. The van der Waals surface area contributed by atoms with Crippen LogP contribution in [0.3, 0.4) is 0 Å². The van der Waals surface area contributed by atoms with Gasteiger partial charge in [0.2, 0.25) is 0 Å². The van der Waals surface area contributed by atoms with Gasteiger partial charge in [-0.15, -0.1) is 0 Å². The molecule has 7 nitrogen and oxygen atoms in total. The number of carboxylic acids is 2. The van der Waals surface area contributed by atoms with Crippen LogP contribution < -0.4 is 5.32 Å². The van der Waals surface area contributed by atoms with Crippen molar-refractivity contribution in [3.63, 3.8) is 0 Å². The Morgan fingerprint density at radius 2 is 1.81 bits per heavy atom. The lowest BCUT2D eigenvalue weighted by Gasteiger charge is -2.65. The molecule has 4 aliphatic carbocycles. The van der Waals surface area contributed by atoms with Gasteiger partial charge in [0, 0.05) is 12.6 Å². The predicted octanol–water partition coefficient (Wildman–Crippen LogP) is 4.56. The molecule has 4 fully saturated rings. The molecule has 4 aliphatic rings. The molecule has 4 rings (SSSR count). The van der Waals surface area contributed by atoms with Gasteiger partial charge in [0.05, 0.1) is 12.0 Å². The van der Waals surface area contributed by atoms with E-state index in [0.717, 1.165) is 51.5 Å². The van der Waals surface area contributed by atoms with Gasteiger partial charge in [0.15, 0.2) is 5.60 Å². The Hall–Kier alpha value is -1.18. The minimum absolute atomic E-state index is 0.119. The standard InChI is InChI=1S/C29H49NO6/c1-6-13-36-23-14-18-7-8-19-20-9-10-21(25(31)32)27(20,4)15-22(30-12-11-17(2)3)24(19)28(18,5)16-29(23,35)26(33)34/h17-24,30,35H,6-16H2,1-5H3,(H,31,32)(H,33,34)/t18?,19-,20-,21?,22?,23?,24-,27-,28-,29?/m0/s1. The number of aliphatic hydroxyl groups is 1. The average Bonchev–Trinajstić information content (AvgIpc) is 3.14. The van der Waals surface area contributed by atoms with Crippen LogP contribution >= 0.6 is 0 Å². The van der Waals surface area contributed by atoms with Crippen LogP contribution in [0.15, 0.2) is 0 Å². The van der Waals surface area contributed by atoms with Crippen molar-refractivity contribution in [3.8, 4) is 0 Å². The second-order valence-corrected chi connectivity index (χ2v) is 13.5. The fourth-order valence-electron chi connectivity index (χ4n) is 9.37. The van der Waals surface area contributed by atoms with Crippen LogP contribution in [-0.2, 0) is 14.3 Å². The monoisotopic (exact) mass is 507 g/mol. The Labute approximate surface area is 216 Å². The summed E-state index contributed by atoms with van der Waals surface area (Å²) in [5, 5.41) is 35.7. The van der Waals surface area contributed by atoms with E-state index >= 15 is 0 Å². The molecule has 0 saturated heterocycles. The van der Waals surface area contributed by atoms with Crippen LogP contribution in [0.4, 0.5) is 0 Å².